The Balaban J connectivity index is 2.95. The van der Waals surface area contributed by atoms with Crippen LogP contribution in [0.5, 0.6) is 0 Å². The molecule has 0 aliphatic rings. The predicted molar refractivity (Wildman–Crippen MR) is 81.0 cm³/mol. The van der Waals surface area contributed by atoms with Gasteiger partial charge in [-0.25, -0.2) is 4.79 Å². The molecular formula is C15H18ClNO3. The number of allylic oxidation sites excluding steroid dienone is 1. The molecule has 1 aromatic rings. The number of ether oxygens (including phenoxy) is 1. The zero-order valence-electron chi connectivity index (χ0n) is 12.0. The van der Waals surface area contributed by atoms with Crippen molar-refractivity contribution in [2.24, 2.45) is 0 Å². The molecule has 0 unspecified atom stereocenters. The van der Waals surface area contributed by atoms with E-state index in [1.807, 2.05) is 0 Å². The van der Waals surface area contributed by atoms with E-state index in [1.165, 1.54) is 13.0 Å². The molecule has 0 atom stereocenters. The molecule has 0 aliphatic heterocycles. The lowest BCUT2D eigenvalue weighted by Crippen LogP contribution is -2.27. The molecule has 0 aliphatic carbocycles. The highest BCUT2D eigenvalue weighted by Gasteiger charge is 2.17. The number of hydrogen-bond donors (Lipinski definition) is 1. The number of ketones is 1. The van der Waals surface area contributed by atoms with E-state index in [0.29, 0.717) is 16.3 Å². The van der Waals surface area contributed by atoms with Crippen molar-refractivity contribution in [3.8, 4) is 0 Å². The van der Waals surface area contributed by atoms with Crippen molar-refractivity contribution >= 4 is 35.2 Å². The third-order valence-electron chi connectivity index (χ3n) is 2.15. The summed E-state index contributed by atoms with van der Waals surface area (Å²) < 4.78 is 5.18. The summed E-state index contributed by atoms with van der Waals surface area (Å²) in [4.78, 5) is 22.7. The summed E-state index contributed by atoms with van der Waals surface area (Å²) in [6.07, 6.45) is 2.46. The van der Waals surface area contributed by atoms with Crippen molar-refractivity contribution in [3.63, 3.8) is 0 Å². The van der Waals surface area contributed by atoms with E-state index < -0.39 is 11.7 Å². The summed E-state index contributed by atoms with van der Waals surface area (Å²) in [7, 11) is 0. The van der Waals surface area contributed by atoms with Crippen LogP contribution in [0.4, 0.5) is 10.5 Å². The standard InChI is InChI=1S/C15H18ClNO3/c1-10(18)5-6-11-7-8-12(16)9-13(11)17-14(19)20-15(2,3)4/h5-9H,1-4H3,(H,17,19)/b6-5+. The molecule has 5 heteroatoms. The molecule has 0 saturated carbocycles. The van der Waals surface area contributed by atoms with Gasteiger partial charge in [-0.2, -0.15) is 0 Å². The minimum Gasteiger partial charge on any atom is -0.444 e. The van der Waals surface area contributed by atoms with Gasteiger partial charge in [-0.3, -0.25) is 10.1 Å². The van der Waals surface area contributed by atoms with E-state index in [1.54, 1.807) is 45.0 Å². The smallest absolute Gasteiger partial charge is 0.412 e. The number of hydrogen-bond acceptors (Lipinski definition) is 3. The Morgan fingerprint density at radius 2 is 1.95 bits per heavy atom. The monoisotopic (exact) mass is 295 g/mol. The number of carbonyl (C=O) groups is 2. The second kappa shape index (κ2) is 6.57. The van der Waals surface area contributed by atoms with Gasteiger partial charge in [-0.15, -0.1) is 0 Å². The van der Waals surface area contributed by atoms with E-state index in [-0.39, 0.29) is 5.78 Å². The highest BCUT2D eigenvalue weighted by Crippen LogP contribution is 2.23. The van der Waals surface area contributed by atoms with E-state index in [2.05, 4.69) is 5.32 Å². The highest BCUT2D eigenvalue weighted by atomic mass is 35.5. The number of halogens is 1. The van der Waals surface area contributed by atoms with Crippen molar-refractivity contribution in [2.75, 3.05) is 5.32 Å². The van der Waals surface area contributed by atoms with Gasteiger partial charge in [0.15, 0.2) is 5.78 Å². The average molecular weight is 296 g/mol. The van der Waals surface area contributed by atoms with Crippen LogP contribution in [0, 0.1) is 0 Å². The van der Waals surface area contributed by atoms with Crippen molar-refractivity contribution in [1.82, 2.24) is 0 Å². The lowest BCUT2D eigenvalue weighted by atomic mass is 10.1. The van der Waals surface area contributed by atoms with Crippen LogP contribution in [-0.2, 0) is 9.53 Å². The molecule has 1 amide bonds. The number of carbonyl (C=O) groups excluding carboxylic acids is 2. The van der Waals surface area contributed by atoms with E-state index in [4.69, 9.17) is 16.3 Å². The Morgan fingerprint density at radius 3 is 2.50 bits per heavy atom. The van der Waals surface area contributed by atoms with Crippen molar-refractivity contribution in [2.45, 2.75) is 33.3 Å². The Morgan fingerprint density at radius 1 is 1.30 bits per heavy atom. The lowest BCUT2D eigenvalue weighted by Gasteiger charge is -2.20. The molecule has 0 bridgehead atoms. The third kappa shape index (κ3) is 5.89. The fourth-order valence-corrected chi connectivity index (χ4v) is 1.57. The number of anilines is 1. The van der Waals surface area contributed by atoms with Crippen LogP contribution in [0.3, 0.4) is 0 Å². The second-order valence-corrected chi connectivity index (χ2v) is 5.74. The van der Waals surface area contributed by atoms with Gasteiger partial charge in [-0.1, -0.05) is 17.7 Å². The first-order valence-corrected chi connectivity index (χ1v) is 6.53. The van der Waals surface area contributed by atoms with Gasteiger partial charge in [0.2, 0.25) is 0 Å². The molecular weight excluding hydrogens is 278 g/mol. The fraction of sp³-hybridized carbons (Fsp3) is 0.333. The molecule has 4 nitrogen and oxygen atoms in total. The van der Waals surface area contributed by atoms with E-state index in [0.717, 1.165) is 0 Å². The van der Waals surface area contributed by atoms with Gasteiger partial charge in [0, 0.05) is 5.02 Å². The summed E-state index contributed by atoms with van der Waals surface area (Å²) in [5.41, 5.74) is 0.581. The van der Waals surface area contributed by atoms with Crippen LogP contribution in [0.15, 0.2) is 24.3 Å². The first-order chi connectivity index (χ1) is 9.17. The average Bonchev–Trinajstić information content (AvgIpc) is 2.24. The minimum atomic E-state index is -0.585. The normalized spacial score (nSPS) is 11.4. The Bertz CT molecular complexity index is 545. The van der Waals surface area contributed by atoms with Gasteiger partial charge >= 0.3 is 6.09 Å². The second-order valence-electron chi connectivity index (χ2n) is 5.30. The van der Waals surface area contributed by atoms with Gasteiger partial charge in [0.25, 0.3) is 0 Å². The molecule has 20 heavy (non-hydrogen) atoms. The van der Waals surface area contributed by atoms with Crippen molar-refractivity contribution < 1.29 is 14.3 Å². The largest absolute Gasteiger partial charge is 0.444 e. The number of amides is 1. The zero-order chi connectivity index (χ0) is 15.3. The predicted octanol–water partition coefficient (Wildman–Crippen LogP) is 4.29. The van der Waals surface area contributed by atoms with Crippen LogP contribution in [0.1, 0.15) is 33.3 Å². The van der Waals surface area contributed by atoms with Crippen molar-refractivity contribution in [1.29, 1.82) is 0 Å². The SMILES string of the molecule is CC(=O)/C=C/c1ccc(Cl)cc1NC(=O)OC(C)(C)C. The number of rotatable bonds is 3. The van der Waals surface area contributed by atoms with Crippen LogP contribution >= 0.6 is 11.6 Å². The van der Waals surface area contributed by atoms with Gasteiger partial charge in [0.1, 0.15) is 5.60 Å². The highest BCUT2D eigenvalue weighted by molar-refractivity contribution is 6.31. The van der Waals surface area contributed by atoms with Crippen LogP contribution in [0.2, 0.25) is 5.02 Å². The van der Waals surface area contributed by atoms with E-state index in [9.17, 15) is 9.59 Å². The van der Waals surface area contributed by atoms with Crippen LogP contribution in [0.25, 0.3) is 6.08 Å². The maximum atomic E-state index is 11.8. The first-order valence-electron chi connectivity index (χ1n) is 6.15. The summed E-state index contributed by atoms with van der Waals surface area (Å²) in [5, 5.41) is 3.11. The number of nitrogens with one attached hydrogen (secondary N) is 1. The summed E-state index contributed by atoms with van der Waals surface area (Å²) in [6.45, 7) is 6.79. The molecule has 0 aromatic heterocycles. The van der Waals surface area contributed by atoms with Gasteiger partial charge in [0.05, 0.1) is 5.69 Å². The summed E-state index contributed by atoms with van der Waals surface area (Å²) >= 11 is 5.91. The van der Waals surface area contributed by atoms with Gasteiger partial charge < -0.3 is 4.74 Å². The van der Waals surface area contributed by atoms with Gasteiger partial charge in [-0.05, 0) is 57.5 Å². The molecule has 0 fully saturated rings. The first kappa shape index (κ1) is 16.2. The molecule has 1 aromatic carbocycles. The van der Waals surface area contributed by atoms with E-state index >= 15 is 0 Å². The quantitative estimate of drug-likeness (QED) is 0.846. The Labute approximate surface area is 123 Å². The molecule has 1 rings (SSSR count). The Hall–Kier alpha value is -1.81. The molecule has 0 spiro atoms. The fourth-order valence-electron chi connectivity index (χ4n) is 1.40. The lowest BCUT2D eigenvalue weighted by molar-refractivity contribution is -0.112. The molecule has 1 N–H and O–H groups in total. The maximum Gasteiger partial charge on any atom is 0.412 e. The maximum absolute atomic E-state index is 11.8. The van der Waals surface area contributed by atoms with Crippen LogP contribution < -0.4 is 5.32 Å². The summed E-state index contributed by atoms with van der Waals surface area (Å²) in [6, 6.07) is 5.00. The molecule has 0 saturated heterocycles. The Kier molecular flexibility index (Phi) is 5.34. The molecule has 0 radical (unpaired) electrons. The summed E-state index contributed by atoms with van der Waals surface area (Å²) in [5.74, 6) is -0.0804. The molecule has 108 valence electrons. The topological polar surface area (TPSA) is 55.4 Å². The number of benzene rings is 1. The van der Waals surface area contributed by atoms with Crippen molar-refractivity contribution in [3.05, 3.63) is 34.9 Å². The van der Waals surface area contributed by atoms with Crippen LogP contribution in [-0.4, -0.2) is 17.5 Å². The molecule has 0 heterocycles. The zero-order valence-corrected chi connectivity index (χ0v) is 12.7. The minimum absolute atomic E-state index is 0.0804. The third-order valence-corrected chi connectivity index (χ3v) is 2.38.